The van der Waals surface area contributed by atoms with Crippen LogP contribution in [0.25, 0.3) is 0 Å². The summed E-state index contributed by atoms with van der Waals surface area (Å²) in [6, 6.07) is 0. The van der Waals surface area contributed by atoms with Crippen LogP contribution in [0.2, 0.25) is 0 Å². The van der Waals surface area contributed by atoms with Gasteiger partial charge in [-0.15, -0.1) is 0 Å². The minimum Gasteiger partial charge on any atom is -0.481 e. The fraction of sp³-hybridized carbons (Fsp3) is 0.750. The standard InChI is InChI=1S/C12H21N3O/c1-9-10(11(16-4)15(3)14-9)7-13-8-12(2)5-6-12/h13H,5-8H2,1-4H3. The molecule has 1 N–H and O–H groups in total. The van der Waals surface area contributed by atoms with Crippen LogP contribution in [-0.4, -0.2) is 23.4 Å². The van der Waals surface area contributed by atoms with Crippen molar-refractivity contribution < 1.29 is 4.74 Å². The summed E-state index contributed by atoms with van der Waals surface area (Å²) in [7, 11) is 3.61. The zero-order valence-electron chi connectivity index (χ0n) is 10.6. The van der Waals surface area contributed by atoms with E-state index in [1.165, 1.54) is 18.4 Å². The van der Waals surface area contributed by atoms with E-state index in [0.29, 0.717) is 5.41 Å². The van der Waals surface area contributed by atoms with E-state index in [4.69, 9.17) is 4.74 Å². The van der Waals surface area contributed by atoms with Crippen molar-refractivity contribution in [1.29, 1.82) is 0 Å². The maximum absolute atomic E-state index is 5.36. The van der Waals surface area contributed by atoms with E-state index in [2.05, 4.69) is 17.3 Å². The number of hydrogen-bond donors (Lipinski definition) is 1. The molecule has 90 valence electrons. The summed E-state index contributed by atoms with van der Waals surface area (Å²) < 4.78 is 7.15. The van der Waals surface area contributed by atoms with E-state index in [-0.39, 0.29) is 0 Å². The minimum absolute atomic E-state index is 0.545. The fourth-order valence-corrected chi connectivity index (χ4v) is 2.02. The zero-order valence-corrected chi connectivity index (χ0v) is 10.6. The Labute approximate surface area is 97.0 Å². The number of methoxy groups -OCH3 is 1. The SMILES string of the molecule is COc1c(CNCC2(C)CC2)c(C)nn1C. The van der Waals surface area contributed by atoms with Crippen LogP contribution in [0.4, 0.5) is 0 Å². The number of nitrogens with zero attached hydrogens (tertiary/aromatic N) is 2. The molecule has 0 radical (unpaired) electrons. The molecule has 0 spiro atoms. The predicted octanol–water partition coefficient (Wildman–Crippen LogP) is 1.63. The predicted molar refractivity (Wildman–Crippen MR) is 63.5 cm³/mol. The normalized spacial score (nSPS) is 17.5. The van der Waals surface area contributed by atoms with Crippen molar-refractivity contribution in [3.05, 3.63) is 11.3 Å². The van der Waals surface area contributed by atoms with E-state index in [1.807, 2.05) is 14.0 Å². The first kappa shape index (κ1) is 11.5. The highest BCUT2D eigenvalue weighted by Crippen LogP contribution is 2.44. The van der Waals surface area contributed by atoms with Gasteiger partial charge in [-0.1, -0.05) is 6.92 Å². The van der Waals surface area contributed by atoms with Crippen molar-refractivity contribution in [2.45, 2.75) is 33.2 Å². The van der Waals surface area contributed by atoms with Gasteiger partial charge in [-0.25, -0.2) is 4.68 Å². The summed E-state index contributed by atoms with van der Waals surface area (Å²) in [5.41, 5.74) is 2.77. The molecule has 1 aromatic heterocycles. The van der Waals surface area contributed by atoms with Gasteiger partial charge in [0.1, 0.15) is 0 Å². The lowest BCUT2D eigenvalue weighted by Crippen LogP contribution is -2.22. The van der Waals surface area contributed by atoms with Gasteiger partial charge >= 0.3 is 0 Å². The number of ether oxygens (including phenoxy) is 1. The molecular weight excluding hydrogens is 202 g/mol. The molecule has 16 heavy (non-hydrogen) atoms. The molecule has 0 atom stereocenters. The van der Waals surface area contributed by atoms with E-state index in [9.17, 15) is 0 Å². The average Bonchev–Trinajstić information content (AvgIpc) is 2.88. The van der Waals surface area contributed by atoms with Crippen LogP contribution in [0.15, 0.2) is 0 Å². The monoisotopic (exact) mass is 223 g/mol. The fourth-order valence-electron chi connectivity index (χ4n) is 2.02. The molecule has 2 rings (SSSR count). The molecule has 0 amide bonds. The summed E-state index contributed by atoms with van der Waals surface area (Å²) >= 11 is 0. The zero-order chi connectivity index (χ0) is 11.8. The maximum atomic E-state index is 5.36. The third-order valence-corrected chi connectivity index (χ3v) is 3.44. The van der Waals surface area contributed by atoms with Crippen LogP contribution in [0, 0.1) is 12.3 Å². The van der Waals surface area contributed by atoms with Gasteiger partial charge < -0.3 is 10.1 Å². The van der Waals surface area contributed by atoms with Gasteiger partial charge in [0.05, 0.1) is 18.4 Å². The maximum Gasteiger partial charge on any atom is 0.216 e. The van der Waals surface area contributed by atoms with Gasteiger partial charge in [0.25, 0.3) is 0 Å². The molecule has 0 aromatic carbocycles. The first-order valence-electron chi connectivity index (χ1n) is 5.83. The molecule has 1 aromatic rings. The minimum atomic E-state index is 0.545. The molecule has 1 aliphatic rings. The van der Waals surface area contributed by atoms with Gasteiger partial charge in [0.15, 0.2) is 0 Å². The highest BCUT2D eigenvalue weighted by Gasteiger charge is 2.36. The number of hydrogen-bond acceptors (Lipinski definition) is 3. The Morgan fingerprint density at radius 2 is 2.19 bits per heavy atom. The first-order chi connectivity index (χ1) is 7.56. The molecule has 0 aliphatic heterocycles. The Morgan fingerprint density at radius 1 is 1.50 bits per heavy atom. The van der Waals surface area contributed by atoms with Crippen LogP contribution >= 0.6 is 0 Å². The van der Waals surface area contributed by atoms with Crippen LogP contribution in [0.5, 0.6) is 5.88 Å². The highest BCUT2D eigenvalue weighted by atomic mass is 16.5. The second kappa shape index (κ2) is 4.09. The van der Waals surface area contributed by atoms with Crippen LogP contribution in [-0.2, 0) is 13.6 Å². The lowest BCUT2D eigenvalue weighted by Gasteiger charge is -2.10. The Morgan fingerprint density at radius 3 is 2.75 bits per heavy atom. The average molecular weight is 223 g/mol. The third kappa shape index (κ3) is 2.21. The molecule has 1 aliphatic carbocycles. The highest BCUT2D eigenvalue weighted by molar-refractivity contribution is 5.30. The largest absolute Gasteiger partial charge is 0.481 e. The Kier molecular flexibility index (Phi) is 2.93. The third-order valence-electron chi connectivity index (χ3n) is 3.44. The lowest BCUT2D eigenvalue weighted by atomic mass is 10.1. The van der Waals surface area contributed by atoms with Crippen LogP contribution < -0.4 is 10.1 Å². The second-order valence-corrected chi connectivity index (χ2v) is 5.11. The molecule has 1 saturated carbocycles. The second-order valence-electron chi connectivity index (χ2n) is 5.11. The number of rotatable bonds is 5. The van der Waals surface area contributed by atoms with E-state index < -0.39 is 0 Å². The Balaban J connectivity index is 1.97. The summed E-state index contributed by atoms with van der Waals surface area (Å²) in [4.78, 5) is 0. The van der Waals surface area contributed by atoms with Crippen LogP contribution in [0.1, 0.15) is 31.0 Å². The van der Waals surface area contributed by atoms with Gasteiger partial charge in [-0.05, 0) is 25.2 Å². The Bertz CT molecular complexity index is 380. The molecule has 4 nitrogen and oxygen atoms in total. The molecule has 0 bridgehead atoms. The summed E-state index contributed by atoms with van der Waals surface area (Å²) in [5.74, 6) is 0.867. The number of aryl methyl sites for hydroxylation is 2. The first-order valence-corrected chi connectivity index (χ1v) is 5.83. The van der Waals surface area contributed by atoms with Gasteiger partial charge in [-0.2, -0.15) is 5.10 Å². The summed E-state index contributed by atoms with van der Waals surface area (Å²) in [6.45, 7) is 6.29. The Hall–Kier alpha value is -1.03. The van der Waals surface area contributed by atoms with Gasteiger partial charge in [0.2, 0.25) is 5.88 Å². The smallest absolute Gasteiger partial charge is 0.216 e. The van der Waals surface area contributed by atoms with Crippen LogP contribution in [0.3, 0.4) is 0 Å². The number of aromatic nitrogens is 2. The topological polar surface area (TPSA) is 39.1 Å². The van der Waals surface area contributed by atoms with Crippen molar-refractivity contribution in [1.82, 2.24) is 15.1 Å². The van der Waals surface area contributed by atoms with Gasteiger partial charge in [-0.3, -0.25) is 0 Å². The summed E-state index contributed by atoms with van der Waals surface area (Å²) in [5, 5.41) is 7.86. The molecule has 4 heteroatoms. The summed E-state index contributed by atoms with van der Waals surface area (Å²) in [6.07, 6.45) is 2.70. The van der Waals surface area contributed by atoms with Crippen molar-refractivity contribution in [2.24, 2.45) is 12.5 Å². The van der Waals surface area contributed by atoms with Crippen molar-refractivity contribution in [3.8, 4) is 5.88 Å². The molecule has 1 heterocycles. The molecule has 0 unspecified atom stereocenters. The molecular formula is C12H21N3O. The van der Waals surface area contributed by atoms with E-state index in [0.717, 1.165) is 24.7 Å². The van der Waals surface area contributed by atoms with E-state index in [1.54, 1.807) is 11.8 Å². The molecule has 1 fully saturated rings. The molecule has 0 saturated heterocycles. The lowest BCUT2D eigenvalue weighted by molar-refractivity contribution is 0.367. The number of nitrogens with one attached hydrogen (secondary N) is 1. The van der Waals surface area contributed by atoms with Gasteiger partial charge in [0, 0.05) is 20.1 Å². The van der Waals surface area contributed by atoms with Crippen molar-refractivity contribution in [3.63, 3.8) is 0 Å². The van der Waals surface area contributed by atoms with Crippen molar-refractivity contribution in [2.75, 3.05) is 13.7 Å². The van der Waals surface area contributed by atoms with Crippen molar-refractivity contribution >= 4 is 0 Å². The van der Waals surface area contributed by atoms with E-state index >= 15 is 0 Å². The quantitative estimate of drug-likeness (QED) is 0.824.